The Morgan fingerprint density at radius 3 is 2.50 bits per heavy atom. The zero-order chi connectivity index (χ0) is 9.61. The van der Waals surface area contributed by atoms with E-state index in [9.17, 15) is 13.2 Å². The van der Waals surface area contributed by atoms with Gasteiger partial charge in [0, 0.05) is 5.75 Å². The van der Waals surface area contributed by atoms with Crippen molar-refractivity contribution in [2.24, 2.45) is 0 Å². The summed E-state index contributed by atoms with van der Waals surface area (Å²) >= 11 is 3.77. The van der Waals surface area contributed by atoms with Crippen molar-refractivity contribution >= 4 is 28.7 Å². The minimum absolute atomic E-state index is 0.0199. The highest BCUT2D eigenvalue weighted by atomic mass is 32.2. The zero-order valence-electron chi connectivity index (χ0n) is 6.82. The van der Waals surface area contributed by atoms with Crippen molar-refractivity contribution in [2.75, 3.05) is 11.5 Å². The highest BCUT2D eigenvalue weighted by Crippen LogP contribution is 1.99. The summed E-state index contributed by atoms with van der Waals surface area (Å²) in [6, 6.07) is 0. The molecule has 0 spiro atoms. The van der Waals surface area contributed by atoms with Gasteiger partial charge in [0.15, 0.2) is 0 Å². The van der Waals surface area contributed by atoms with Crippen LogP contribution in [0.15, 0.2) is 0 Å². The Kier molecular flexibility index (Phi) is 5.32. The summed E-state index contributed by atoms with van der Waals surface area (Å²) < 4.78 is 25.9. The number of rotatable bonds is 5. The summed E-state index contributed by atoms with van der Waals surface area (Å²) in [4.78, 5) is 10.7. The minimum Gasteiger partial charge on any atom is -0.346 e. The van der Waals surface area contributed by atoms with E-state index < -0.39 is 16.1 Å². The van der Waals surface area contributed by atoms with E-state index in [1.54, 1.807) is 6.92 Å². The third kappa shape index (κ3) is 5.42. The van der Waals surface area contributed by atoms with Crippen LogP contribution in [-0.2, 0) is 19.1 Å². The van der Waals surface area contributed by atoms with E-state index >= 15 is 0 Å². The molecule has 0 N–H and O–H groups in total. The van der Waals surface area contributed by atoms with Crippen LogP contribution in [0, 0.1) is 0 Å². The molecule has 0 aromatic carbocycles. The lowest BCUT2D eigenvalue weighted by Crippen LogP contribution is -2.15. The Morgan fingerprint density at radius 2 is 2.08 bits per heavy atom. The van der Waals surface area contributed by atoms with Gasteiger partial charge in [0.05, 0.1) is 12.2 Å². The van der Waals surface area contributed by atoms with Gasteiger partial charge < -0.3 is 4.18 Å². The van der Waals surface area contributed by atoms with Crippen molar-refractivity contribution in [3.05, 3.63) is 0 Å². The molecule has 0 radical (unpaired) electrons. The van der Waals surface area contributed by atoms with Crippen molar-refractivity contribution < 1.29 is 17.4 Å². The van der Waals surface area contributed by atoms with Gasteiger partial charge in [-0.1, -0.05) is 6.92 Å². The van der Waals surface area contributed by atoms with E-state index in [0.29, 0.717) is 12.2 Å². The van der Waals surface area contributed by atoms with Crippen LogP contribution in [0.3, 0.4) is 0 Å². The first-order chi connectivity index (χ1) is 5.52. The number of hydrogen-bond donors (Lipinski definition) is 1. The van der Waals surface area contributed by atoms with Gasteiger partial charge in [0.25, 0.3) is 0 Å². The van der Waals surface area contributed by atoms with Crippen molar-refractivity contribution in [2.45, 2.75) is 19.8 Å². The van der Waals surface area contributed by atoms with Crippen LogP contribution in [0.5, 0.6) is 0 Å². The highest BCUT2D eigenvalue weighted by Gasteiger charge is 2.14. The maximum absolute atomic E-state index is 10.8. The fourth-order valence-corrected chi connectivity index (χ4v) is 1.70. The highest BCUT2D eigenvalue weighted by molar-refractivity contribution is 7.87. The molecule has 0 aliphatic carbocycles. The van der Waals surface area contributed by atoms with Crippen LogP contribution < -0.4 is 0 Å². The van der Waals surface area contributed by atoms with E-state index in [2.05, 4.69) is 16.8 Å². The second-order valence-electron chi connectivity index (χ2n) is 2.19. The topological polar surface area (TPSA) is 60.4 Å². The summed E-state index contributed by atoms with van der Waals surface area (Å²) in [6.07, 6.45) is 0.461. The summed E-state index contributed by atoms with van der Waals surface area (Å²) in [5, 5.41) is 0. The molecule has 12 heavy (non-hydrogen) atoms. The fourth-order valence-electron chi connectivity index (χ4n) is 0.566. The zero-order valence-corrected chi connectivity index (χ0v) is 8.53. The first kappa shape index (κ1) is 11.8. The van der Waals surface area contributed by atoms with Crippen LogP contribution in [-0.4, -0.2) is 25.9 Å². The maximum Gasteiger partial charge on any atom is 0.322 e. The van der Waals surface area contributed by atoms with Gasteiger partial charge >= 0.3 is 16.1 Å². The fraction of sp³-hybridized carbons (Fsp3) is 0.833. The van der Waals surface area contributed by atoms with E-state index in [1.807, 2.05) is 0 Å². The first-order valence-electron chi connectivity index (χ1n) is 3.57. The lowest BCUT2D eigenvalue weighted by atomic mass is 10.5. The minimum atomic E-state index is -3.64. The van der Waals surface area contributed by atoms with Gasteiger partial charge in [-0.2, -0.15) is 21.0 Å². The van der Waals surface area contributed by atoms with Gasteiger partial charge in [-0.3, -0.25) is 4.79 Å². The van der Waals surface area contributed by atoms with Crippen molar-refractivity contribution in [3.8, 4) is 0 Å². The average molecular weight is 212 g/mol. The van der Waals surface area contributed by atoms with E-state index in [-0.39, 0.29) is 12.2 Å². The standard InChI is InChI=1S/C6H12O4S2/c1-2-5-12(8,9)10-6(7)3-4-11/h11H,2-5H2,1H3. The number of hydrogen-bond acceptors (Lipinski definition) is 5. The largest absolute Gasteiger partial charge is 0.346 e. The van der Waals surface area contributed by atoms with E-state index in [1.165, 1.54) is 0 Å². The lowest BCUT2D eigenvalue weighted by molar-refractivity contribution is -0.133. The summed E-state index contributed by atoms with van der Waals surface area (Å²) in [5.74, 6) is -0.565. The predicted molar refractivity (Wildman–Crippen MR) is 48.6 cm³/mol. The Morgan fingerprint density at radius 1 is 1.50 bits per heavy atom. The van der Waals surface area contributed by atoms with E-state index in [4.69, 9.17) is 0 Å². The number of carbonyl (C=O) groups is 1. The Hall–Kier alpha value is -0.230. The van der Waals surface area contributed by atoms with Gasteiger partial charge in [-0.15, -0.1) is 0 Å². The quantitative estimate of drug-likeness (QED) is 0.535. The molecule has 0 atom stereocenters. The van der Waals surface area contributed by atoms with Crippen molar-refractivity contribution in [3.63, 3.8) is 0 Å². The summed E-state index contributed by atoms with van der Waals surface area (Å²) in [6.45, 7) is 1.70. The normalized spacial score (nSPS) is 11.2. The molecule has 0 saturated heterocycles. The number of thiol groups is 1. The lowest BCUT2D eigenvalue weighted by Gasteiger charge is -2.02. The third-order valence-corrected chi connectivity index (χ3v) is 2.56. The SMILES string of the molecule is CCCS(=O)(=O)OC(=O)CCS. The maximum atomic E-state index is 10.8. The first-order valence-corrected chi connectivity index (χ1v) is 5.78. The van der Waals surface area contributed by atoms with Crippen LogP contribution in [0.25, 0.3) is 0 Å². The second-order valence-corrected chi connectivity index (χ2v) is 4.33. The molecular weight excluding hydrogens is 200 g/mol. The van der Waals surface area contributed by atoms with Crippen LogP contribution >= 0.6 is 12.6 Å². The molecular formula is C6H12O4S2. The van der Waals surface area contributed by atoms with Crippen LogP contribution in [0.4, 0.5) is 0 Å². The molecule has 0 heterocycles. The molecule has 0 unspecified atom stereocenters. The molecule has 0 fully saturated rings. The predicted octanol–water partition coefficient (Wildman–Crippen LogP) is 0.589. The molecule has 0 aromatic heterocycles. The van der Waals surface area contributed by atoms with Gasteiger partial charge in [-0.25, -0.2) is 0 Å². The van der Waals surface area contributed by atoms with Crippen molar-refractivity contribution in [1.29, 1.82) is 0 Å². The van der Waals surface area contributed by atoms with Gasteiger partial charge in [-0.05, 0) is 6.42 Å². The average Bonchev–Trinajstić information content (AvgIpc) is 1.85. The smallest absolute Gasteiger partial charge is 0.322 e. The summed E-state index contributed by atoms with van der Waals surface area (Å²) in [5.41, 5.74) is 0. The Bertz CT molecular complexity index is 232. The molecule has 0 aliphatic heterocycles. The summed E-state index contributed by atoms with van der Waals surface area (Å²) in [7, 11) is -3.64. The Balaban J connectivity index is 3.98. The molecule has 0 aromatic rings. The van der Waals surface area contributed by atoms with Crippen LogP contribution in [0.1, 0.15) is 19.8 Å². The number of carbonyl (C=O) groups excluding carboxylic acids is 1. The Labute approximate surface area is 77.8 Å². The molecule has 0 rings (SSSR count). The second kappa shape index (κ2) is 5.42. The monoisotopic (exact) mass is 212 g/mol. The molecule has 0 saturated carbocycles. The van der Waals surface area contributed by atoms with E-state index in [0.717, 1.165) is 0 Å². The van der Waals surface area contributed by atoms with Gasteiger partial charge in [0.1, 0.15) is 0 Å². The van der Waals surface area contributed by atoms with Crippen LogP contribution in [0.2, 0.25) is 0 Å². The molecule has 0 bridgehead atoms. The van der Waals surface area contributed by atoms with Crippen molar-refractivity contribution in [1.82, 2.24) is 0 Å². The molecule has 0 aliphatic rings. The molecule has 0 amide bonds. The third-order valence-electron chi connectivity index (χ3n) is 0.990. The van der Waals surface area contributed by atoms with Gasteiger partial charge in [0.2, 0.25) is 0 Å². The molecule has 4 nitrogen and oxygen atoms in total. The molecule has 72 valence electrons. The molecule has 6 heteroatoms.